The van der Waals surface area contributed by atoms with E-state index in [4.69, 9.17) is 9.84 Å². The minimum Gasteiger partial charge on any atom is -0.396 e. The van der Waals surface area contributed by atoms with E-state index in [0.717, 1.165) is 16.8 Å². The molecule has 0 radical (unpaired) electrons. The summed E-state index contributed by atoms with van der Waals surface area (Å²) in [7, 11) is 1.67. The summed E-state index contributed by atoms with van der Waals surface area (Å²) in [5, 5.41) is 12.2. The lowest BCUT2D eigenvalue weighted by Crippen LogP contribution is -2.33. The fourth-order valence-corrected chi connectivity index (χ4v) is 2.73. The molecule has 1 unspecified atom stereocenters. The number of methoxy groups -OCH3 is 1. The molecule has 2 N–H and O–H groups in total. The third-order valence-electron chi connectivity index (χ3n) is 2.04. The molecule has 0 spiro atoms. The van der Waals surface area contributed by atoms with Gasteiger partial charge in [-0.25, -0.2) is 0 Å². The Labute approximate surface area is 103 Å². The summed E-state index contributed by atoms with van der Waals surface area (Å²) >= 11 is 5.14. The summed E-state index contributed by atoms with van der Waals surface area (Å²) in [6.45, 7) is 1.65. The van der Waals surface area contributed by atoms with Gasteiger partial charge in [-0.3, -0.25) is 0 Å². The number of ether oxygens (including phenoxy) is 1. The van der Waals surface area contributed by atoms with E-state index in [2.05, 4.69) is 27.3 Å². The summed E-state index contributed by atoms with van der Waals surface area (Å²) in [4.78, 5) is 1.28. The molecule has 0 saturated carbocycles. The van der Waals surface area contributed by atoms with E-state index in [9.17, 15) is 0 Å². The predicted octanol–water partition coefficient (Wildman–Crippen LogP) is 2.00. The standard InChI is InChI=1S/C10H16BrNO2S/c1-14-7-8(4-5-13)12-6-9-2-3-10(11)15-9/h2-3,8,12-13H,4-7H2,1H3. The lowest BCUT2D eigenvalue weighted by Gasteiger charge is -2.15. The van der Waals surface area contributed by atoms with Gasteiger partial charge >= 0.3 is 0 Å². The van der Waals surface area contributed by atoms with Crippen molar-refractivity contribution in [2.24, 2.45) is 0 Å². The molecule has 0 aromatic carbocycles. The number of hydrogen-bond donors (Lipinski definition) is 2. The Kier molecular flexibility index (Phi) is 6.43. The number of nitrogens with one attached hydrogen (secondary N) is 1. The number of hydrogen-bond acceptors (Lipinski definition) is 4. The highest BCUT2D eigenvalue weighted by Gasteiger charge is 2.07. The van der Waals surface area contributed by atoms with Crippen LogP contribution < -0.4 is 5.32 Å². The first-order valence-corrected chi connectivity index (χ1v) is 6.44. The minimum absolute atomic E-state index is 0.190. The molecular formula is C10H16BrNO2S. The maximum absolute atomic E-state index is 8.86. The second-order valence-corrected chi connectivity index (χ2v) is 5.80. The third-order valence-corrected chi connectivity index (χ3v) is 3.66. The molecule has 0 fully saturated rings. The van der Waals surface area contributed by atoms with Crippen molar-refractivity contribution in [3.05, 3.63) is 20.8 Å². The van der Waals surface area contributed by atoms with E-state index in [0.29, 0.717) is 6.61 Å². The fourth-order valence-electron chi connectivity index (χ4n) is 1.29. The van der Waals surface area contributed by atoms with Gasteiger partial charge in [0.2, 0.25) is 0 Å². The molecule has 0 aliphatic rings. The maximum Gasteiger partial charge on any atom is 0.0701 e. The van der Waals surface area contributed by atoms with Crippen molar-refractivity contribution in [3.8, 4) is 0 Å². The van der Waals surface area contributed by atoms with Crippen LogP contribution in [0, 0.1) is 0 Å². The molecule has 1 aromatic heterocycles. The number of thiophene rings is 1. The molecule has 0 aliphatic carbocycles. The van der Waals surface area contributed by atoms with Gasteiger partial charge in [0.15, 0.2) is 0 Å². The van der Waals surface area contributed by atoms with Crippen molar-refractivity contribution in [1.82, 2.24) is 5.32 Å². The molecule has 5 heteroatoms. The van der Waals surface area contributed by atoms with Gasteiger partial charge in [0.1, 0.15) is 0 Å². The van der Waals surface area contributed by atoms with E-state index in [1.807, 2.05) is 6.07 Å². The molecule has 1 rings (SSSR count). The Balaban J connectivity index is 2.32. The van der Waals surface area contributed by atoms with E-state index < -0.39 is 0 Å². The van der Waals surface area contributed by atoms with Gasteiger partial charge in [-0.1, -0.05) is 0 Å². The molecule has 0 aliphatic heterocycles. The smallest absolute Gasteiger partial charge is 0.0701 e. The van der Waals surface area contributed by atoms with Crippen molar-refractivity contribution in [3.63, 3.8) is 0 Å². The van der Waals surface area contributed by atoms with E-state index in [1.165, 1.54) is 4.88 Å². The van der Waals surface area contributed by atoms with E-state index >= 15 is 0 Å². The zero-order chi connectivity index (χ0) is 11.1. The summed E-state index contributed by atoms with van der Waals surface area (Å²) in [5.74, 6) is 0. The maximum atomic E-state index is 8.86. The zero-order valence-corrected chi connectivity index (χ0v) is 11.1. The summed E-state index contributed by atoms with van der Waals surface area (Å²) < 4.78 is 6.21. The van der Waals surface area contributed by atoms with Gasteiger partial charge in [0, 0.05) is 31.2 Å². The molecule has 15 heavy (non-hydrogen) atoms. The number of aliphatic hydroxyl groups excluding tert-OH is 1. The highest BCUT2D eigenvalue weighted by molar-refractivity contribution is 9.11. The monoisotopic (exact) mass is 293 g/mol. The second-order valence-electron chi connectivity index (χ2n) is 3.25. The normalized spacial score (nSPS) is 13.0. The van der Waals surface area contributed by atoms with Gasteiger partial charge in [0.05, 0.1) is 10.4 Å². The zero-order valence-electron chi connectivity index (χ0n) is 8.70. The lowest BCUT2D eigenvalue weighted by molar-refractivity contribution is 0.148. The van der Waals surface area contributed by atoms with Crippen LogP contribution in [0.3, 0.4) is 0 Å². The van der Waals surface area contributed by atoms with Crippen molar-refractivity contribution >= 4 is 27.3 Å². The molecule has 0 bridgehead atoms. The van der Waals surface area contributed by atoms with Crippen LogP contribution in [0.15, 0.2) is 15.9 Å². The predicted molar refractivity (Wildman–Crippen MR) is 66.2 cm³/mol. The van der Waals surface area contributed by atoms with Crippen LogP contribution in [0.1, 0.15) is 11.3 Å². The van der Waals surface area contributed by atoms with E-state index in [-0.39, 0.29) is 12.6 Å². The summed E-state index contributed by atoms with van der Waals surface area (Å²) in [5.41, 5.74) is 0. The highest BCUT2D eigenvalue weighted by Crippen LogP contribution is 2.21. The minimum atomic E-state index is 0.190. The van der Waals surface area contributed by atoms with Gasteiger partial charge in [0.25, 0.3) is 0 Å². The molecule has 3 nitrogen and oxygen atoms in total. The third kappa shape index (κ3) is 5.08. The van der Waals surface area contributed by atoms with Crippen LogP contribution in [-0.4, -0.2) is 31.5 Å². The molecule has 1 heterocycles. The second kappa shape index (κ2) is 7.35. The molecule has 0 saturated heterocycles. The number of halogens is 1. The first-order chi connectivity index (χ1) is 7.26. The first-order valence-electron chi connectivity index (χ1n) is 4.83. The fraction of sp³-hybridized carbons (Fsp3) is 0.600. The van der Waals surface area contributed by atoms with Crippen molar-refractivity contribution in [1.29, 1.82) is 0 Å². The van der Waals surface area contributed by atoms with Gasteiger partial charge in [-0.15, -0.1) is 11.3 Å². The van der Waals surface area contributed by atoms with Crippen LogP contribution in [0.2, 0.25) is 0 Å². The Bertz CT molecular complexity index is 274. The van der Waals surface area contributed by atoms with Crippen LogP contribution in [0.25, 0.3) is 0 Å². The Hall–Kier alpha value is 0.0600. The molecule has 0 amide bonds. The van der Waals surface area contributed by atoms with Crippen LogP contribution >= 0.6 is 27.3 Å². The quantitative estimate of drug-likeness (QED) is 0.808. The van der Waals surface area contributed by atoms with Crippen molar-refractivity contribution in [2.45, 2.75) is 19.0 Å². The number of rotatable bonds is 7. The Morgan fingerprint density at radius 1 is 1.60 bits per heavy atom. The van der Waals surface area contributed by atoms with Crippen LogP contribution in [-0.2, 0) is 11.3 Å². The Morgan fingerprint density at radius 2 is 2.40 bits per heavy atom. The average Bonchev–Trinajstić information content (AvgIpc) is 2.61. The molecular weight excluding hydrogens is 278 g/mol. The Morgan fingerprint density at radius 3 is 2.93 bits per heavy atom. The SMILES string of the molecule is COCC(CCO)NCc1ccc(Br)s1. The molecule has 1 aromatic rings. The summed E-state index contributed by atoms with van der Waals surface area (Å²) in [6.07, 6.45) is 0.723. The van der Waals surface area contributed by atoms with Gasteiger partial charge < -0.3 is 15.2 Å². The largest absolute Gasteiger partial charge is 0.396 e. The highest BCUT2D eigenvalue weighted by atomic mass is 79.9. The van der Waals surface area contributed by atoms with E-state index in [1.54, 1.807) is 18.4 Å². The van der Waals surface area contributed by atoms with Crippen LogP contribution in [0.5, 0.6) is 0 Å². The van der Waals surface area contributed by atoms with Gasteiger partial charge in [-0.05, 0) is 34.5 Å². The van der Waals surface area contributed by atoms with Gasteiger partial charge in [-0.2, -0.15) is 0 Å². The summed E-state index contributed by atoms with van der Waals surface area (Å²) in [6, 6.07) is 4.35. The van der Waals surface area contributed by atoms with Crippen molar-refractivity contribution in [2.75, 3.05) is 20.3 Å². The average molecular weight is 294 g/mol. The molecule has 1 atom stereocenters. The first kappa shape index (κ1) is 13.1. The van der Waals surface area contributed by atoms with Crippen molar-refractivity contribution < 1.29 is 9.84 Å². The topological polar surface area (TPSA) is 41.5 Å². The number of aliphatic hydroxyl groups is 1. The lowest BCUT2D eigenvalue weighted by atomic mass is 10.2. The molecule has 86 valence electrons. The van der Waals surface area contributed by atoms with Crippen LogP contribution in [0.4, 0.5) is 0 Å².